The summed E-state index contributed by atoms with van der Waals surface area (Å²) in [6.45, 7) is 0. The van der Waals surface area contributed by atoms with Crippen molar-refractivity contribution in [3.63, 3.8) is 0 Å². The maximum Gasteiger partial charge on any atom is 0.317 e. The van der Waals surface area contributed by atoms with Crippen LogP contribution >= 0.6 is 12.4 Å². The highest BCUT2D eigenvalue weighted by Crippen LogP contribution is 1.96. The van der Waals surface area contributed by atoms with Gasteiger partial charge in [-0.3, -0.25) is 9.63 Å². The number of amides is 1. The summed E-state index contributed by atoms with van der Waals surface area (Å²) >= 11 is 0. The zero-order chi connectivity index (χ0) is 7.44. The van der Waals surface area contributed by atoms with Crippen LogP contribution in [0.15, 0.2) is 0 Å². The second-order valence-electron chi connectivity index (χ2n) is 1.32. The van der Waals surface area contributed by atoms with Gasteiger partial charge < -0.3 is 0 Å². The lowest BCUT2D eigenvalue weighted by Gasteiger charge is -2.11. The Balaban J connectivity index is 0. The van der Waals surface area contributed by atoms with Crippen LogP contribution in [0.1, 0.15) is 0 Å². The van der Waals surface area contributed by atoms with Crippen molar-refractivity contribution in [1.29, 1.82) is 0 Å². The Hall–Kier alpha value is -0.420. The molecule has 0 saturated heterocycles. The predicted molar refractivity (Wildman–Crippen MR) is 33.0 cm³/mol. The number of hydroxylamine groups is 2. The van der Waals surface area contributed by atoms with E-state index < -0.39 is 12.3 Å². The fourth-order valence-electron chi connectivity index (χ4n) is 0.227. The van der Waals surface area contributed by atoms with Crippen LogP contribution in [0.3, 0.4) is 0 Å². The van der Waals surface area contributed by atoms with Crippen LogP contribution in [0.25, 0.3) is 0 Å². The Labute approximate surface area is 63.3 Å². The number of rotatable bonds is 2. The van der Waals surface area contributed by atoms with E-state index in [2.05, 4.69) is 4.84 Å². The molecular formula is C4H8ClF2NO2. The molecule has 0 spiro atoms. The molecule has 0 fully saturated rings. The molecule has 0 aromatic carbocycles. The van der Waals surface area contributed by atoms with Gasteiger partial charge in [0.05, 0.1) is 7.11 Å². The van der Waals surface area contributed by atoms with Gasteiger partial charge in [-0.15, -0.1) is 12.4 Å². The molecule has 0 aliphatic carbocycles. The molecule has 0 aromatic heterocycles. The summed E-state index contributed by atoms with van der Waals surface area (Å²) in [5.74, 6) is -1.34. The largest absolute Gasteiger partial charge is 0.317 e. The summed E-state index contributed by atoms with van der Waals surface area (Å²) in [6.07, 6.45) is -2.99. The summed E-state index contributed by atoms with van der Waals surface area (Å²) in [4.78, 5) is 14.3. The molecular weight excluding hydrogens is 167 g/mol. The maximum atomic E-state index is 11.4. The van der Waals surface area contributed by atoms with E-state index in [0.29, 0.717) is 5.06 Å². The zero-order valence-corrected chi connectivity index (χ0v) is 6.32. The maximum absolute atomic E-state index is 11.4. The van der Waals surface area contributed by atoms with Gasteiger partial charge in [-0.25, -0.2) is 5.06 Å². The third kappa shape index (κ3) is 3.58. The predicted octanol–water partition coefficient (Wildman–Crippen LogP) is 0.693. The van der Waals surface area contributed by atoms with Gasteiger partial charge in [0, 0.05) is 7.05 Å². The number of nitrogens with zero attached hydrogens (tertiary/aromatic N) is 1. The van der Waals surface area contributed by atoms with Gasteiger partial charge in [0.2, 0.25) is 0 Å². The topological polar surface area (TPSA) is 29.5 Å². The van der Waals surface area contributed by atoms with Crippen molar-refractivity contribution >= 4 is 18.3 Å². The first-order chi connectivity index (χ1) is 4.09. The Bertz CT molecular complexity index is 111. The molecule has 1 amide bonds. The minimum Gasteiger partial charge on any atom is -0.274 e. The first-order valence-corrected chi connectivity index (χ1v) is 2.19. The first-order valence-electron chi connectivity index (χ1n) is 2.19. The number of halogens is 3. The van der Waals surface area contributed by atoms with E-state index in [1.165, 1.54) is 0 Å². The van der Waals surface area contributed by atoms with Crippen LogP contribution in [-0.4, -0.2) is 31.6 Å². The minimum atomic E-state index is -2.99. The summed E-state index contributed by atoms with van der Waals surface area (Å²) < 4.78 is 22.8. The molecule has 0 atom stereocenters. The third-order valence-corrected chi connectivity index (χ3v) is 0.771. The first kappa shape index (κ1) is 12.3. The lowest BCUT2D eigenvalue weighted by molar-refractivity contribution is -0.180. The SMILES string of the molecule is CON(C)C(=O)C(F)F.Cl. The molecule has 0 aromatic rings. The normalized spacial score (nSPS) is 8.90. The zero-order valence-electron chi connectivity index (χ0n) is 5.51. The van der Waals surface area contributed by atoms with Gasteiger partial charge in [0.1, 0.15) is 0 Å². The standard InChI is InChI=1S/C4H7F2NO2.ClH/c1-7(9-2)4(8)3(5)6;/h3H,1-2H3;1H. The average molecular weight is 176 g/mol. The van der Waals surface area contributed by atoms with Crippen LogP contribution in [0.2, 0.25) is 0 Å². The van der Waals surface area contributed by atoms with Crippen LogP contribution in [0, 0.1) is 0 Å². The molecule has 0 aliphatic rings. The quantitative estimate of drug-likeness (QED) is 0.578. The summed E-state index contributed by atoms with van der Waals surface area (Å²) in [5, 5.41) is 0.477. The number of alkyl halides is 2. The summed E-state index contributed by atoms with van der Waals surface area (Å²) in [5.41, 5.74) is 0. The molecule has 0 unspecified atom stereocenters. The summed E-state index contributed by atoms with van der Waals surface area (Å²) in [7, 11) is 2.26. The van der Waals surface area contributed by atoms with E-state index in [1.807, 2.05) is 0 Å². The van der Waals surface area contributed by atoms with Gasteiger partial charge in [0.25, 0.3) is 0 Å². The van der Waals surface area contributed by atoms with Gasteiger partial charge in [-0.2, -0.15) is 8.78 Å². The monoisotopic (exact) mass is 175 g/mol. The molecule has 0 aliphatic heterocycles. The Kier molecular flexibility index (Phi) is 6.59. The smallest absolute Gasteiger partial charge is 0.274 e. The molecule has 0 N–H and O–H groups in total. The Morgan fingerprint density at radius 3 is 2.10 bits per heavy atom. The second-order valence-corrected chi connectivity index (χ2v) is 1.32. The molecule has 0 saturated carbocycles. The highest BCUT2D eigenvalue weighted by Gasteiger charge is 2.19. The Morgan fingerprint density at radius 1 is 1.60 bits per heavy atom. The van der Waals surface area contributed by atoms with E-state index >= 15 is 0 Å². The molecule has 10 heavy (non-hydrogen) atoms. The van der Waals surface area contributed by atoms with Crippen molar-refractivity contribution in [2.45, 2.75) is 6.43 Å². The van der Waals surface area contributed by atoms with Crippen molar-refractivity contribution < 1.29 is 18.4 Å². The van der Waals surface area contributed by atoms with Crippen molar-refractivity contribution in [2.75, 3.05) is 14.2 Å². The lowest BCUT2D eigenvalue weighted by Crippen LogP contribution is -2.30. The molecule has 3 nitrogen and oxygen atoms in total. The van der Waals surface area contributed by atoms with Crippen LogP contribution in [0.4, 0.5) is 8.78 Å². The fraction of sp³-hybridized carbons (Fsp3) is 0.750. The van der Waals surface area contributed by atoms with Crippen molar-refractivity contribution in [3.8, 4) is 0 Å². The van der Waals surface area contributed by atoms with E-state index in [-0.39, 0.29) is 12.4 Å². The third-order valence-electron chi connectivity index (χ3n) is 0.771. The van der Waals surface area contributed by atoms with Crippen molar-refractivity contribution in [2.24, 2.45) is 0 Å². The minimum absolute atomic E-state index is 0. The second kappa shape index (κ2) is 5.37. The van der Waals surface area contributed by atoms with E-state index in [4.69, 9.17) is 0 Å². The molecule has 0 radical (unpaired) electrons. The van der Waals surface area contributed by atoms with Gasteiger partial charge in [-0.05, 0) is 0 Å². The van der Waals surface area contributed by atoms with Crippen molar-refractivity contribution in [1.82, 2.24) is 5.06 Å². The summed E-state index contributed by atoms with van der Waals surface area (Å²) in [6, 6.07) is 0. The highest BCUT2D eigenvalue weighted by molar-refractivity contribution is 5.85. The van der Waals surface area contributed by atoms with Crippen LogP contribution < -0.4 is 0 Å². The number of hydrogen-bond acceptors (Lipinski definition) is 2. The van der Waals surface area contributed by atoms with Crippen molar-refractivity contribution in [3.05, 3.63) is 0 Å². The molecule has 62 valence electrons. The van der Waals surface area contributed by atoms with Crippen LogP contribution in [0.5, 0.6) is 0 Å². The van der Waals surface area contributed by atoms with E-state index in [9.17, 15) is 13.6 Å². The molecule has 0 bridgehead atoms. The lowest BCUT2D eigenvalue weighted by atomic mass is 10.6. The van der Waals surface area contributed by atoms with E-state index in [1.54, 1.807) is 0 Å². The van der Waals surface area contributed by atoms with Gasteiger partial charge in [0.15, 0.2) is 0 Å². The molecule has 6 heteroatoms. The van der Waals surface area contributed by atoms with Crippen LogP contribution in [-0.2, 0) is 9.63 Å². The molecule has 0 heterocycles. The number of carbonyl (C=O) groups excluding carboxylic acids is 1. The van der Waals surface area contributed by atoms with Gasteiger partial charge in [-0.1, -0.05) is 0 Å². The number of carbonyl (C=O) groups is 1. The van der Waals surface area contributed by atoms with Gasteiger partial charge >= 0.3 is 12.3 Å². The Morgan fingerprint density at radius 2 is 2.00 bits per heavy atom. The number of hydrogen-bond donors (Lipinski definition) is 0. The average Bonchev–Trinajstić information content (AvgIpc) is 1.84. The highest BCUT2D eigenvalue weighted by atomic mass is 35.5. The fourth-order valence-corrected chi connectivity index (χ4v) is 0.227. The van der Waals surface area contributed by atoms with E-state index in [0.717, 1.165) is 14.2 Å². The molecule has 0 rings (SSSR count).